The van der Waals surface area contributed by atoms with Gasteiger partial charge >= 0.3 is 0 Å². The Kier molecular flexibility index (Phi) is 4.93. The van der Waals surface area contributed by atoms with E-state index < -0.39 is 0 Å². The van der Waals surface area contributed by atoms with Crippen molar-refractivity contribution in [2.75, 3.05) is 0 Å². The van der Waals surface area contributed by atoms with Crippen LogP contribution in [0, 0.1) is 18.3 Å². The number of ether oxygens (including phenoxy) is 1. The van der Waals surface area contributed by atoms with E-state index in [0.29, 0.717) is 13.0 Å². The predicted molar refractivity (Wildman–Crippen MR) is 96.7 cm³/mol. The monoisotopic (exact) mass is 313 g/mol. The highest BCUT2D eigenvalue weighted by molar-refractivity contribution is 5.69. The number of rotatable bonds is 5. The minimum atomic E-state index is 0.446. The molecule has 3 rings (SSSR count). The van der Waals surface area contributed by atoms with E-state index in [0.717, 1.165) is 22.4 Å². The molecule has 0 aromatic heterocycles. The first-order chi connectivity index (χ1) is 11.8. The minimum Gasteiger partial charge on any atom is -0.489 e. The molecule has 3 aromatic carbocycles. The molecule has 0 aliphatic rings. The summed E-state index contributed by atoms with van der Waals surface area (Å²) in [4.78, 5) is 0. The molecule has 0 N–H and O–H groups in total. The molecule has 0 atom stereocenters. The van der Waals surface area contributed by atoms with Gasteiger partial charge in [0.1, 0.15) is 12.4 Å². The Morgan fingerprint density at radius 2 is 1.71 bits per heavy atom. The molecule has 0 heterocycles. The summed E-state index contributed by atoms with van der Waals surface area (Å²) in [5.41, 5.74) is 5.67. The van der Waals surface area contributed by atoms with Crippen LogP contribution in [0.2, 0.25) is 0 Å². The molecule has 0 radical (unpaired) electrons. The number of aryl methyl sites for hydroxylation is 1. The lowest BCUT2D eigenvalue weighted by Crippen LogP contribution is -1.95. The van der Waals surface area contributed by atoms with Crippen LogP contribution in [0.3, 0.4) is 0 Å². The molecule has 3 aromatic rings. The predicted octanol–water partition coefficient (Wildman–Crippen LogP) is 5.31. The summed E-state index contributed by atoms with van der Waals surface area (Å²) >= 11 is 0. The summed E-state index contributed by atoms with van der Waals surface area (Å²) in [5.74, 6) is 0.858. The average molecular weight is 313 g/mol. The lowest BCUT2D eigenvalue weighted by Gasteiger charge is -2.11. The zero-order valence-corrected chi connectivity index (χ0v) is 13.7. The van der Waals surface area contributed by atoms with Gasteiger partial charge in [0, 0.05) is 0 Å². The topological polar surface area (TPSA) is 33.0 Å². The van der Waals surface area contributed by atoms with Gasteiger partial charge in [-0.3, -0.25) is 0 Å². The van der Waals surface area contributed by atoms with E-state index in [9.17, 15) is 0 Å². The van der Waals surface area contributed by atoms with E-state index in [1.807, 2.05) is 36.4 Å². The Bertz CT molecular complexity index is 863. The zero-order valence-electron chi connectivity index (χ0n) is 13.7. The normalized spacial score (nSPS) is 10.2. The molecule has 0 fully saturated rings. The van der Waals surface area contributed by atoms with Gasteiger partial charge in [0.15, 0.2) is 0 Å². The molecule has 24 heavy (non-hydrogen) atoms. The highest BCUT2D eigenvalue weighted by Gasteiger charge is 2.05. The second-order valence-corrected chi connectivity index (χ2v) is 5.79. The fourth-order valence-corrected chi connectivity index (χ4v) is 2.75. The van der Waals surface area contributed by atoms with Crippen LogP contribution in [0.4, 0.5) is 0 Å². The summed E-state index contributed by atoms with van der Waals surface area (Å²) < 4.78 is 5.91. The molecular weight excluding hydrogens is 294 g/mol. The van der Waals surface area contributed by atoms with Crippen molar-refractivity contribution >= 4 is 0 Å². The maximum Gasteiger partial charge on any atom is 0.120 e. The minimum absolute atomic E-state index is 0.446. The number of nitrogens with zero attached hydrogens (tertiary/aromatic N) is 1. The number of hydrogen-bond donors (Lipinski definition) is 0. The Morgan fingerprint density at radius 1 is 0.875 bits per heavy atom. The third-order valence-electron chi connectivity index (χ3n) is 3.97. The largest absolute Gasteiger partial charge is 0.489 e. The van der Waals surface area contributed by atoms with Gasteiger partial charge in [0.25, 0.3) is 0 Å². The molecule has 0 saturated heterocycles. The maximum absolute atomic E-state index is 8.82. The van der Waals surface area contributed by atoms with Gasteiger partial charge in [-0.2, -0.15) is 5.26 Å². The summed E-state index contributed by atoms with van der Waals surface area (Å²) in [6.45, 7) is 2.64. The molecular formula is C22H19NO. The van der Waals surface area contributed by atoms with E-state index in [1.165, 1.54) is 11.1 Å². The average Bonchev–Trinajstić information content (AvgIpc) is 2.62. The van der Waals surface area contributed by atoms with Crippen LogP contribution in [-0.2, 0) is 13.0 Å². The first-order valence-electron chi connectivity index (χ1n) is 8.00. The Labute approximate surface area is 143 Å². The number of nitriles is 1. The quantitative estimate of drug-likeness (QED) is 0.639. The van der Waals surface area contributed by atoms with Crippen LogP contribution in [0.5, 0.6) is 5.75 Å². The van der Waals surface area contributed by atoms with Crippen molar-refractivity contribution in [1.82, 2.24) is 0 Å². The molecule has 0 bridgehead atoms. The smallest absolute Gasteiger partial charge is 0.120 e. The van der Waals surface area contributed by atoms with Crippen LogP contribution in [-0.4, -0.2) is 0 Å². The molecule has 0 saturated carbocycles. The highest BCUT2D eigenvalue weighted by Crippen LogP contribution is 2.28. The fourth-order valence-electron chi connectivity index (χ4n) is 2.75. The van der Waals surface area contributed by atoms with Crippen molar-refractivity contribution in [3.8, 4) is 22.9 Å². The van der Waals surface area contributed by atoms with Crippen LogP contribution in [0.15, 0.2) is 72.8 Å². The van der Waals surface area contributed by atoms with Gasteiger partial charge in [0.05, 0.1) is 12.5 Å². The molecule has 2 heteroatoms. The standard InChI is InChI=1S/C22H19NO/c1-17-14-18(12-13-23)10-11-22(17)20-8-5-9-21(15-20)24-16-19-6-3-2-4-7-19/h2-11,14-15H,12,16H2,1H3. The third-order valence-corrected chi connectivity index (χ3v) is 3.97. The highest BCUT2D eigenvalue weighted by atomic mass is 16.5. The Balaban J connectivity index is 1.79. The van der Waals surface area contributed by atoms with Gasteiger partial charge in [-0.25, -0.2) is 0 Å². The third kappa shape index (κ3) is 3.83. The SMILES string of the molecule is Cc1cc(CC#N)ccc1-c1cccc(OCc2ccccc2)c1. The van der Waals surface area contributed by atoms with Crippen LogP contribution in [0.25, 0.3) is 11.1 Å². The summed E-state index contributed by atoms with van der Waals surface area (Å²) in [6, 6.07) is 26.7. The fraction of sp³-hybridized carbons (Fsp3) is 0.136. The molecule has 2 nitrogen and oxygen atoms in total. The Morgan fingerprint density at radius 3 is 2.46 bits per heavy atom. The zero-order chi connectivity index (χ0) is 16.8. The van der Waals surface area contributed by atoms with Crippen molar-refractivity contribution in [3.63, 3.8) is 0 Å². The second kappa shape index (κ2) is 7.48. The van der Waals surface area contributed by atoms with Crippen molar-refractivity contribution in [2.24, 2.45) is 0 Å². The second-order valence-electron chi connectivity index (χ2n) is 5.79. The molecule has 0 aliphatic carbocycles. The molecule has 0 spiro atoms. The summed E-state index contributed by atoms with van der Waals surface area (Å²) in [7, 11) is 0. The van der Waals surface area contributed by atoms with Gasteiger partial charge in [-0.05, 0) is 46.9 Å². The lowest BCUT2D eigenvalue weighted by atomic mass is 9.97. The Hall–Kier alpha value is -3.05. The van der Waals surface area contributed by atoms with Crippen molar-refractivity contribution in [3.05, 3.63) is 89.5 Å². The summed E-state index contributed by atoms with van der Waals surface area (Å²) in [6.07, 6.45) is 0.446. The first-order valence-corrected chi connectivity index (χ1v) is 8.00. The van der Waals surface area contributed by atoms with Crippen LogP contribution >= 0.6 is 0 Å². The maximum atomic E-state index is 8.82. The molecule has 0 amide bonds. The van der Waals surface area contributed by atoms with Gasteiger partial charge in [0.2, 0.25) is 0 Å². The van der Waals surface area contributed by atoms with Crippen molar-refractivity contribution in [1.29, 1.82) is 5.26 Å². The van der Waals surface area contributed by atoms with E-state index in [4.69, 9.17) is 10.00 Å². The van der Waals surface area contributed by atoms with Crippen LogP contribution in [0.1, 0.15) is 16.7 Å². The number of hydrogen-bond acceptors (Lipinski definition) is 2. The summed E-state index contributed by atoms with van der Waals surface area (Å²) in [5, 5.41) is 8.82. The molecule has 0 unspecified atom stereocenters. The van der Waals surface area contributed by atoms with Crippen LogP contribution < -0.4 is 4.74 Å². The van der Waals surface area contributed by atoms with Gasteiger partial charge in [-0.1, -0.05) is 60.7 Å². The van der Waals surface area contributed by atoms with E-state index in [-0.39, 0.29) is 0 Å². The first kappa shape index (κ1) is 15.8. The van der Waals surface area contributed by atoms with Gasteiger partial charge in [-0.15, -0.1) is 0 Å². The van der Waals surface area contributed by atoms with Gasteiger partial charge < -0.3 is 4.74 Å². The molecule has 118 valence electrons. The van der Waals surface area contributed by atoms with E-state index >= 15 is 0 Å². The lowest BCUT2D eigenvalue weighted by molar-refractivity contribution is 0.306. The molecule has 0 aliphatic heterocycles. The van der Waals surface area contributed by atoms with Crippen molar-refractivity contribution in [2.45, 2.75) is 20.0 Å². The van der Waals surface area contributed by atoms with Crippen molar-refractivity contribution < 1.29 is 4.74 Å². The number of benzene rings is 3. The van der Waals surface area contributed by atoms with E-state index in [1.54, 1.807) is 0 Å². The van der Waals surface area contributed by atoms with E-state index in [2.05, 4.69) is 49.4 Å².